The van der Waals surface area contributed by atoms with E-state index in [2.05, 4.69) is 15.4 Å². The molecule has 120 valence electrons. The highest BCUT2D eigenvalue weighted by Crippen LogP contribution is 2.42. The number of rotatable bonds is 4. The molecular formula is C14H21N5O3. The van der Waals surface area contributed by atoms with Gasteiger partial charge in [0.15, 0.2) is 0 Å². The second-order valence-electron chi connectivity index (χ2n) is 5.94. The van der Waals surface area contributed by atoms with Gasteiger partial charge in [-0.15, -0.1) is 0 Å². The molecule has 1 aromatic rings. The maximum atomic E-state index is 12.4. The van der Waals surface area contributed by atoms with Gasteiger partial charge >= 0.3 is 0 Å². The summed E-state index contributed by atoms with van der Waals surface area (Å²) < 4.78 is 7.15. The SMILES string of the molecule is CNC(=O)[C@]12CCOC[C@H]1CN(C(=O)CCn1cncn1)C2. The van der Waals surface area contributed by atoms with Gasteiger partial charge in [-0.3, -0.25) is 14.3 Å². The number of carbonyl (C=O) groups is 2. The van der Waals surface area contributed by atoms with Crippen LogP contribution in [0, 0.1) is 11.3 Å². The van der Waals surface area contributed by atoms with Gasteiger partial charge in [0.25, 0.3) is 0 Å². The normalized spacial score (nSPS) is 27.5. The highest BCUT2D eigenvalue weighted by molar-refractivity contribution is 5.85. The van der Waals surface area contributed by atoms with Crippen molar-refractivity contribution in [3.8, 4) is 0 Å². The Kier molecular flexibility index (Phi) is 4.10. The van der Waals surface area contributed by atoms with Crippen LogP contribution in [0.15, 0.2) is 12.7 Å². The number of hydrogen-bond donors (Lipinski definition) is 1. The number of likely N-dealkylation sites (tertiary alicyclic amines) is 1. The third-order valence-corrected chi connectivity index (χ3v) is 4.76. The number of amides is 2. The van der Waals surface area contributed by atoms with E-state index in [1.54, 1.807) is 23.0 Å². The zero-order valence-corrected chi connectivity index (χ0v) is 12.7. The van der Waals surface area contributed by atoms with E-state index in [1.807, 2.05) is 0 Å². The number of aryl methyl sites for hydroxylation is 1. The molecule has 2 aliphatic rings. The van der Waals surface area contributed by atoms with Crippen molar-refractivity contribution in [2.24, 2.45) is 11.3 Å². The first kappa shape index (κ1) is 15.0. The quantitative estimate of drug-likeness (QED) is 0.793. The number of nitrogens with one attached hydrogen (secondary N) is 1. The molecule has 3 rings (SSSR count). The molecule has 0 spiro atoms. The second-order valence-corrected chi connectivity index (χ2v) is 5.94. The van der Waals surface area contributed by atoms with Crippen LogP contribution in [0.3, 0.4) is 0 Å². The van der Waals surface area contributed by atoms with E-state index in [0.717, 1.165) is 0 Å². The summed E-state index contributed by atoms with van der Waals surface area (Å²) in [5.74, 6) is 0.150. The van der Waals surface area contributed by atoms with E-state index in [1.165, 1.54) is 6.33 Å². The van der Waals surface area contributed by atoms with E-state index in [-0.39, 0.29) is 17.7 Å². The molecule has 0 radical (unpaired) electrons. The van der Waals surface area contributed by atoms with Gasteiger partial charge in [-0.1, -0.05) is 0 Å². The topological polar surface area (TPSA) is 89.4 Å². The molecule has 8 heteroatoms. The largest absolute Gasteiger partial charge is 0.381 e. The summed E-state index contributed by atoms with van der Waals surface area (Å²) in [6, 6.07) is 0. The summed E-state index contributed by atoms with van der Waals surface area (Å²) in [6.07, 6.45) is 4.08. The molecule has 1 aromatic heterocycles. The number of fused-ring (bicyclic) bond motifs is 1. The van der Waals surface area contributed by atoms with Gasteiger partial charge in [0.1, 0.15) is 12.7 Å². The minimum absolute atomic E-state index is 0.0207. The predicted octanol–water partition coefficient (Wildman–Crippen LogP) is -0.721. The average molecular weight is 307 g/mol. The first-order valence-corrected chi connectivity index (χ1v) is 7.56. The Bertz CT molecular complexity index is 547. The molecule has 22 heavy (non-hydrogen) atoms. The van der Waals surface area contributed by atoms with Crippen LogP contribution in [0.25, 0.3) is 0 Å². The Hall–Kier alpha value is -1.96. The molecule has 0 aromatic carbocycles. The molecule has 8 nitrogen and oxygen atoms in total. The van der Waals surface area contributed by atoms with Gasteiger partial charge in [0, 0.05) is 39.1 Å². The Morgan fingerprint density at radius 3 is 3.09 bits per heavy atom. The molecule has 2 amide bonds. The fraction of sp³-hybridized carbons (Fsp3) is 0.714. The highest BCUT2D eigenvalue weighted by atomic mass is 16.5. The van der Waals surface area contributed by atoms with E-state index in [9.17, 15) is 9.59 Å². The molecule has 0 saturated carbocycles. The molecule has 0 unspecified atom stereocenters. The molecule has 2 fully saturated rings. The molecular weight excluding hydrogens is 286 g/mol. The Labute approximate surface area is 128 Å². The smallest absolute Gasteiger partial charge is 0.228 e. The molecule has 0 aliphatic carbocycles. The van der Waals surface area contributed by atoms with Crippen molar-refractivity contribution in [1.82, 2.24) is 25.0 Å². The van der Waals surface area contributed by atoms with E-state index in [0.29, 0.717) is 45.7 Å². The summed E-state index contributed by atoms with van der Waals surface area (Å²) in [7, 11) is 1.65. The van der Waals surface area contributed by atoms with Gasteiger partial charge in [0.2, 0.25) is 11.8 Å². The van der Waals surface area contributed by atoms with Gasteiger partial charge < -0.3 is 15.0 Å². The maximum absolute atomic E-state index is 12.4. The predicted molar refractivity (Wildman–Crippen MR) is 76.6 cm³/mol. The fourth-order valence-corrected chi connectivity index (χ4v) is 3.48. The van der Waals surface area contributed by atoms with Crippen molar-refractivity contribution in [3.63, 3.8) is 0 Å². The van der Waals surface area contributed by atoms with Crippen LogP contribution in [-0.2, 0) is 20.9 Å². The number of aromatic nitrogens is 3. The van der Waals surface area contributed by atoms with E-state index in [4.69, 9.17) is 4.74 Å². The summed E-state index contributed by atoms with van der Waals surface area (Å²) in [5, 5.41) is 6.75. The Balaban J connectivity index is 1.66. The lowest BCUT2D eigenvalue weighted by molar-refractivity contribution is -0.139. The first-order chi connectivity index (χ1) is 10.7. The Morgan fingerprint density at radius 2 is 2.36 bits per heavy atom. The van der Waals surface area contributed by atoms with Gasteiger partial charge in [-0.25, -0.2) is 4.98 Å². The zero-order valence-electron chi connectivity index (χ0n) is 12.7. The van der Waals surface area contributed by atoms with E-state index >= 15 is 0 Å². The maximum Gasteiger partial charge on any atom is 0.228 e. The molecule has 3 heterocycles. The van der Waals surface area contributed by atoms with Crippen LogP contribution >= 0.6 is 0 Å². The number of hydrogen-bond acceptors (Lipinski definition) is 5. The third kappa shape index (κ3) is 2.58. The minimum atomic E-state index is -0.490. The van der Waals surface area contributed by atoms with Crippen LogP contribution in [0.5, 0.6) is 0 Å². The summed E-state index contributed by atoms with van der Waals surface area (Å²) in [5.41, 5.74) is -0.490. The number of carbonyl (C=O) groups excluding carboxylic acids is 2. The van der Waals surface area contributed by atoms with Gasteiger partial charge in [-0.05, 0) is 6.42 Å². The lowest BCUT2D eigenvalue weighted by atomic mass is 9.73. The third-order valence-electron chi connectivity index (χ3n) is 4.76. The number of ether oxygens (including phenoxy) is 1. The van der Waals surface area contributed by atoms with Gasteiger partial charge in [0.05, 0.1) is 18.6 Å². The number of nitrogens with zero attached hydrogens (tertiary/aromatic N) is 4. The van der Waals surface area contributed by atoms with Crippen molar-refractivity contribution in [2.45, 2.75) is 19.4 Å². The monoisotopic (exact) mass is 307 g/mol. The Morgan fingerprint density at radius 1 is 1.50 bits per heavy atom. The van der Waals surface area contributed by atoms with Crippen molar-refractivity contribution in [1.29, 1.82) is 0 Å². The summed E-state index contributed by atoms with van der Waals surface area (Å²) in [4.78, 5) is 30.4. The van der Waals surface area contributed by atoms with Crippen molar-refractivity contribution < 1.29 is 14.3 Å². The molecule has 2 atom stereocenters. The molecule has 0 bridgehead atoms. The van der Waals surface area contributed by atoms with Crippen molar-refractivity contribution >= 4 is 11.8 Å². The molecule has 2 aliphatic heterocycles. The van der Waals surface area contributed by atoms with Crippen LogP contribution in [0.2, 0.25) is 0 Å². The summed E-state index contributed by atoms with van der Waals surface area (Å²) >= 11 is 0. The first-order valence-electron chi connectivity index (χ1n) is 7.56. The highest BCUT2D eigenvalue weighted by Gasteiger charge is 2.54. The minimum Gasteiger partial charge on any atom is -0.381 e. The van der Waals surface area contributed by atoms with Crippen LogP contribution < -0.4 is 5.32 Å². The standard InChI is InChI=1S/C14H21N5O3/c1-15-13(21)14-3-5-22-7-11(14)6-18(8-14)12(20)2-4-19-10-16-9-17-19/h9-11H,2-8H2,1H3,(H,15,21)/t11-,14+/m1/s1. The van der Waals surface area contributed by atoms with Crippen molar-refractivity contribution in [2.75, 3.05) is 33.4 Å². The second kappa shape index (κ2) is 6.04. The lowest BCUT2D eigenvalue weighted by Gasteiger charge is -2.36. The van der Waals surface area contributed by atoms with E-state index < -0.39 is 5.41 Å². The van der Waals surface area contributed by atoms with Crippen molar-refractivity contribution in [3.05, 3.63) is 12.7 Å². The molecule has 2 saturated heterocycles. The van der Waals surface area contributed by atoms with Gasteiger partial charge in [-0.2, -0.15) is 5.10 Å². The average Bonchev–Trinajstić information content (AvgIpc) is 3.19. The molecule has 1 N–H and O–H groups in total. The lowest BCUT2D eigenvalue weighted by Crippen LogP contribution is -2.49. The van der Waals surface area contributed by atoms with Crippen LogP contribution in [0.4, 0.5) is 0 Å². The van der Waals surface area contributed by atoms with Crippen LogP contribution in [0.1, 0.15) is 12.8 Å². The zero-order chi connectivity index (χ0) is 15.6. The summed E-state index contributed by atoms with van der Waals surface area (Å²) in [6.45, 7) is 2.69. The fourth-order valence-electron chi connectivity index (χ4n) is 3.48. The van der Waals surface area contributed by atoms with Crippen LogP contribution in [-0.4, -0.2) is 64.8 Å².